The number of rotatable bonds is 7. The van der Waals surface area contributed by atoms with E-state index in [2.05, 4.69) is 15.6 Å². The van der Waals surface area contributed by atoms with Gasteiger partial charge in [0.15, 0.2) is 5.67 Å². The van der Waals surface area contributed by atoms with Gasteiger partial charge in [0, 0.05) is 19.5 Å². The van der Waals surface area contributed by atoms with Crippen LogP contribution in [0.4, 0.5) is 4.39 Å². The van der Waals surface area contributed by atoms with E-state index in [0.717, 1.165) is 27.3 Å². The van der Waals surface area contributed by atoms with Crippen molar-refractivity contribution in [3.8, 4) is 10.4 Å². The molecule has 1 saturated heterocycles. The van der Waals surface area contributed by atoms with Gasteiger partial charge in [-0.05, 0) is 48.8 Å². The van der Waals surface area contributed by atoms with Crippen molar-refractivity contribution < 1.29 is 23.9 Å². The van der Waals surface area contributed by atoms with E-state index in [1.807, 2.05) is 37.6 Å². The van der Waals surface area contributed by atoms with Gasteiger partial charge in [0.1, 0.15) is 12.1 Å². The highest BCUT2D eigenvalue weighted by Crippen LogP contribution is 2.40. The lowest BCUT2D eigenvalue weighted by atomic mass is 9.85. The molecule has 10 heteroatoms. The average molecular weight is 531 g/mol. The molecule has 2 aromatic rings. The predicted octanol–water partition coefficient (Wildman–Crippen LogP) is 3.04. The summed E-state index contributed by atoms with van der Waals surface area (Å²) < 4.78 is 14.3. The van der Waals surface area contributed by atoms with Gasteiger partial charge in [0.05, 0.1) is 22.2 Å². The van der Waals surface area contributed by atoms with Crippen molar-refractivity contribution in [1.29, 1.82) is 0 Å². The third-order valence-corrected chi connectivity index (χ3v) is 8.06. The van der Waals surface area contributed by atoms with Gasteiger partial charge in [0.2, 0.25) is 11.8 Å². The van der Waals surface area contributed by atoms with Crippen LogP contribution in [0.15, 0.2) is 23.7 Å². The van der Waals surface area contributed by atoms with Gasteiger partial charge in [-0.15, -0.1) is 11.3 Å². The van der Waals surface area contributed by atoms with Crippen molar-refractivity contribution in [2.24, 2.45) is 5.41 Å². The lowest BCUT2D eigenvalue weighted by Crippen LogP contribution is -2.59. The molecule has 1 aromatic carbocycles. The number of hydrogen-bond donors (Lipinski definition) is 3. The second-order valence-corrected chi connectivity index (χ2v) is 12.1. The molecule has 1 aliphatic heterocycles. The zero-order valence-corrected chi connectivity index (χ0v) is 22.7. The van der Waals surface area contributed by atoms with Crippen molar-refractivity contribution >= 4 is 29.1 Å². The van der Waals surface area contributed by atoms with E-state index in [9.17, 15) is 23.9 Å². The number of β-amino-alcohol motifs (C(OH)–C–C–N with tert-alkyl or cyclic N) is 1. The molecule has 2 fully saturated rings. The summed E-state index contributed by atoms with van der Waals surface area (Å²) in [5, 5.41) is 15.8. The number of aliphatic hydroxyl groups excluding tert-OH is 1. The first-order valence-electron chi connectivity index (χ1n) is 12.6. The standard InChI is InChI=1S/C27H35FN4O4S/c1-15-10-17(6-7-19(15)21-16(2)30-14-37-21)12-29-23(34)20-11-18(33)13-32(20)24(35)22(26(3,4)5)31-25(36)27(28)8-9-27/h6-7,10,14,18,20,22,33H,8-9,11-13H2,1-5H3,(H,29,34)(H,31,36)/t18-,20+,22-/m1/s1. The molecule has 3 amide bonds. The Kier molecular flexibility index (Phi) is 7.45. The number of amides is 3. The Hall–Kier alpha value is -2.85. The summed E-state index contributed by atoms with van der Waals surface area (Å²) in [5.41, 5.74) is 3.23. The molecule has 37 heavy (non-hydrogen) atoms. The Morgan fingerprint density at radius 3 is 2.54 bits per heavy atom. The van der Waals surface area contributed by atoms with Crippen molar-refractivity contribution in [1.82, 2.24) is 20.5 Å². The molecule has 2 heterocycles. The summed E-state index contributed by atoms with van der Waals surface area (Å²) in [6.45, 7) is 9.54. The molecular formula is C27H35FN4O4S. The number of alkyl halides is 1. The number of aryl methyl sites for hydroxylation is 2. The third kappa shape index (κ3) is 5.85. The minimum atomic E-state index is -1.92. The highest BCUT2D eigenvalue weighted by atomic mass is 32.1. The molecule has 1 aromatic heterocycles. The highest BCUT2D eigenvalue weighted by Gasteiger charge is 2.53. The summed E-state index contributed by atoms with van der Waals surface area (Å²) in [4.78, 5) is 45.8. The maximum Gasteiger partial charge on any atom is 0.258 e. The quantitative estimate of drug-likeness (QED) is 0.510. The van der Waals surface area contributed by atoms with E-state index >= 15 is 0 Å². The van der Waals surface area contributed by atoms with Crippen LogP contribution in [0.25, 0.3) is 10.4 Å². The molecule has 3 N–H and O–H groups in total. The number of likely N-dealkylation sites (tertiary alicyclic amines) is 1. The monoisotopic (exact) mass is 530 g/mol. The number of carbonyl (C=O) groups is 3. The Labute approximate surface area is 220 Å². The van der Waals surface area contributed by atoms with Crippen molar-refractivity contribution in [2.75, 3.05) is 6.54 Å². The first kappa shape index (κ1) is 27.2. The van der Waals surface area contributed by atoms with E-state index < -0.39 is 41.1 Å². The average Bonchev–Trinajstić information content (AvgIpc) is 3.24. The Balaban J connectivity index is 1.44. The van der Waals surface area contributed by atoms with Crippen molar-refractivity contribution in [2.45, 2.75) is 84.3 Å². The third-order valence-electron chi connectivity index (χ3n) is 7.10. The van der Waals surface area contributed by atoms with Crippen LogP contribution in [0.1, 0.15) is 56.9 Å². The number of hydrogen-bond acceptors (Lipinski definition) is 6. The largest absolute Gasteiger partial charge is 0.391 e. The SMILES string of the molecule is Cc1cc(CNC(=O)[C@@H]2C[C@@H](O)CN2C(=O)[C@@H](NC(=O)C2(F)CC2)C(C)(C)C)ccc1-c1scnc1C. The number of benzene rings is 1. The molecule has 0 spiro atoms. The summed E-state index contributed by atoms with van der Waals surface area (Å²) in [7, 11) is 0. The van der Waals surface area contributed by atoms with Crippen molar-refractivity contribution in [3.63, 3.8) is 0 Å². The van der Waals surface area contributed by atoms with Crippen LogP contribution in [0, 0.1) is 19.3 Å². The predicted molar refractivity (Wildman–Crippen MR) is 139 cm³/mol. The molecule has 0 radical (unpaired) electrons. The van der Waals surface area contributed by atoms with Gasteiger partial charge in [-0.1, -0.05) is 39.0 Å². The topological polar surface area (TPSA) is 112 Å². The number of carbonyl (C=O) groups excluding carboxylic acids is 3. The van der Waals surface area contributed by atoms with E-state index in [1.54, 1.807) is 32.1 Å². The fourth-order valence-corrected chi connectivity index (χ4v) is 5.57. The summed E-state index contributed by atoms with van der Waals surface area (Å²) in [6, 6.07) is 4.06. The van der Waals surface area contributed by atoms with Crippen molar-refractivity contribution in [3.05, 3.63) is 40.5 Å². The lowest BCUT2D eigenvalue weighted by molar-refractivity contribution is -0.145. The van der Waals surface area contributed by atoms with Gasteiger partial charge < -0.3 is 20.6 Å². The maximum absolute atomic E-state index is 14.3. The van der Waals surface area contributed by atoms with Gasteiger partial charge in [0.25, 0.3) is 5.91 Å². The Morgan fingerprint density at radius 1 is 1.27 bits per heavy atom. The summed E-state index contributed by atoms with van der Waals surface area (Å²) in [6.07, 6.45) is -0.488. The molecule has 1 saturated carbocycles. The first-order valence-corrected chi connectivity index (χ1v) is 13.4. The number of aliphatic hydroxyl groups is 1. The zero-order valence-electron chi connectivity index (χ0n) is 21.9. The minimum absolute atomic E-state index is 0.0257. The number of nitrogens with one attached hydrogen (secondary N) is 2. The fourth-order valence-electron chi connectivity index (χ4n) is 4.68. The summed E-state index contributed by atoms with van der Waals surface area (Å²) >= 11 is 1.58. The van der Waals surface area contributed by atoms with Crippen LogP contribution in [-0.4, -0.2) is 63.1 Å². The molecule has 1 aliphatic carbocycles. The number of thiazole rings is 1. The summed E-state index contributed by atoms with van der Waals surface area (Å²) in [5.74, 6) is -1.68. The first-order chi connectivity index (χ1) is 17.3. The van der Waals surface area contributed by atoms with E-state index in [1.165, 1.54) is 4.90 Å². The lowest BCUT2D eigenvalue weighted by Gasteiger charge is -2.35. The van der Waals surface area contributed by atoms with Crippen LogP contribution in [0.3, 0.4) is 0 Å². The van der Waals surface area contributed by atoms with Crippen LogP contribution < -0.4 is 10.6 Å². The second-order valence-electron chi connectivity index (χ2n) is 11.3. The maximum atomic E-state index is 14.3. The molecular weight excluding hydrogens is 495 g/mol. The smallest absolute Gasteiger partial charge is 0.258 e. The Morgan fingerprint density at radius 2 is 1.97 bits per heavy atom. The van der Waals surface area contributed by atoms with E-state index in [-0.39, 0.29) is 38.3 Å². The van der Waals surface area contributed by atoms with E-state index in [0.29, 0.717) is 0 Å². The number of aromatic nitrogens is 1. The molecule has 200 valence electrons. The fraction of sp³-hybridized carbons (Fsp3) is 0.556. The van der Waals surface area contributed by atoms with Crippen LogP contribution in [-0.2, 0) is 20.9 Å². The molecule has 0 bridgehead atoms. The zero-order chi connectivity index (χ0) is 27.1. The Bertz CT molecular complexity index is 1200. The van der Waals surface area contributed by atoms with Gasteiger partial charge >= 0.3 is 0 Å². The molecule has 4 rings (SSSR count). The van der Waals surface area contributed by atoms with Gasteiger partial charge in [-0.25, -0.2) is 9.37 Å². The molecule has 0 unspecified atom stereocenters. The minimum Gasteiger partial charge on any atom is -0.391 e. The number of halogens is 1. The normalized spacial score (nSPS) is 21.4. The van der Waals surface area contributed by atoms with E-state index in [4.69, 9.17) is 0 Å². The van der Waals surface area contributed by atoms with Gasteiger partial charge in [-0.2, -0.15) is 0 Å². The van der Waals surface area contributed by atoms with Crippen LogP contribution in [0.2, 0.25) is 0 Å². The number of nitrogens with zero attached hydrogens (tertiary/aromatic N) is 2. The van der Waals surface area contributed by atoms with Crippen LogP contribution >= 0.6 is 11.3 Å². The molecule has 8 nitrogen and oxygen atoms in total. The molecule has 3 atom stereocenters. The van der Waals surface area contributed by atoms with Gasteiger partial charge in [-0.3, -0.25) is 14.4 Å². The van der Waals surface area contributed by atoms with Crippen LogP contribution in [0.5, 0.6) is 0 Å². The second kappa shape index (κ2) is 10.1. The molecule has 2 aliphatic rings. The highest BCUT2D eigenvalue weighted by molar-refractivity contribution is 7.13.